The number of esters is 1. The topological polar surface area (TPSA) is 49.7 Å². The highest BCUT2D eigenvalue weighted by atomic mass is 16.7. The SMILES string of the molecule is CC1(C)OC[C@H](COC(=O)c2cccn2C2CC2)O1. The molecule has 1 aliphatic carbocycles. The van der Waals surface area contributed by atoms with Crippen LogP contribution in [0.2, 0.25) is 0 Å². The van der Waals surface area contributed by atoms with Gasteiger partial charge in [-0.2, -0.15) is 0 Å². The molecule has 1 aromatic heterocycles. The minimum absolute atomic E-state index is 0.178. The van der Waals surface area contributed by atoms with Crippen LogP contribution in [0.4, 0.5) is 0 Å². The number of nitrogens with zero attached hydrogens (tertiary/aromatic N) is 1. The molecule has 1 atom stereocenters. The van der Waals surface area contributed by atoms with Gasteiger partial charge in [0.2, 0.25) is 0 Å². The van der Waals surface area contributed by atoms with Gasteiger partial charge in [0.1, 0.15) is 18.4 Å². The monoisotopic (exact) mass is 265 g/mol. The third kappa shape index (κ3) is 2.82. The van der Waals surface area contributed by atoms with Crippen molar-refractivity contribution in [3.63, 3.8) is 0 Å². The highest BCUT2D eigenvalue weighted by Crippen LogP contribution is 2.36. The van der Waals surface area contributed by atoms with E-state index in [-0.39, 0.29) is 18.7 Å². The van der Waals surface area contributed by atoms with Crippen LogP contribution < -0.4 is 0 Å². The zero-order valence-electron chi connectivity index (χ0n) is 11.3. The predicted octanol–water partition coefficient (Wildman–Crippen LogP) is 2.13. The van der Waals surface area contributed by atoms with Crippen LogP contribution in [0.15, 0.2) is 18.3 Å². The summed E-state index contributed by atoms with van der Waals surface area (Å²) < 4.78 is 18.3. The van der Waals surface area contributed by atoms with E-state index >= 15 is 0 Å². The van der Waals surface area contributed by atoms with E-state index in [0.717, 1.165) is 12.8 Å². The lowest BCUT2D eigenvalue weighted by molar-refractivity contribution is -0.142. The second-order valence-corrected chi connectivity index (χ2v) is 5.58. The van der Waals surface area contributed by atoms with Crippen LogP contribution in [0.5, 0.6) is 0 Å². The summed E-state index contributed by atoms with van der Waals surface area (Å²) in [5.41, 5.74) is 0.626. The second kappa shape index (κ2) is 4.65. The molecule has 1 aliphatic heterocycles. The lowest BCUT2D eigenvalue weighted by atomic mass is 10.4. The van der Waals surface area contributed by atoms with Gasteiger partial charge in [0, 0.05) is 12.2 Å². The van der Waals surface area contributed by atoms with E-state index in [9.17, 15) is 4.79 Å². The third-order valence-electron chi connectivity index (χ3n) is 3.40. The molecule has 3 rings (SSSR count). The van der Waals surface area contributed by atoms with E-state index in [1.165, 1.54) is 0 Å². The van der Waals surface area contributed by atoms with Crippen molar-refractivity contribution in [1.29, 1.82) is 0 Å². The number of carbonyl (C=O) groups excluding carboxylic acids is 1. The maximum Gasteiger partial charge on any atom is 0.355 e. The van der Waals surface area contributed by atoms with E-state index in [2.05, 4.69) is 0 Å². The molecule has 2 heterocycles. The normalized spacial score (nSPS) is 25.5. The molecule has 1 saturated carbocycles. The van der Waals surface area contributed by atoms with Crippen LogP contribution in [0, 0.1) is 0 Å². The fourth-order valence-electron chi connectivity index (χ4n) is 2.33. The van der Waals surface area contributed by atoms with Crippen molar-refractivity contribution in [2.75, 3.05) is 13.2 Å². The molecule has 5 nitrogen and oxygen atoms in total. The molecule has 0 amide bonds. The number of rotatable bonds is 4. The van der Waals surface area contributed by atoms with Crippen LogP contribution in [-0.2, 0) is 14.2 Å². The molecule has 0 radical (unpaired) electrons. The van der Waals surface area contributed by atoms with Crippen LogP contribution in [0.3, 0.4) is 0 Å². The van der Waals surface area contributed by atoms with Gasteiger partial charge in [0.05, 0.1) is 6.61 Å². The maximum atomic E-state index is 12.0. The molecule has 2 aliphatic rings. The largest absolute Gasteiger partial charge is 0.458 e. The Morgan fingerprint density at radius 3 is 2.95 bits per heavy atom. The summed E-state index contributed by atoms with van der Waals surface area (Å²) in [5, 5.41) is 0. The fraction of sp³-hybridized carbons (Fsp3) is 0.643. The van der Waals surface area contributed by atoms with E-state index in [1.807, 2.05) is 30.7 Å². The Morgan fingerprint density at radius 1 is 1.53 bits per heavy atom. The summed E-state index contributed by atoms with van der Waals surface area (Å²) in [5.74, 6) is -0.865. The van der Waals surface area contributed by atoms with E-state index < -0.39 is 5.79 Å². The predicted molar refractivity (Wildman–Crippen MR) is 67.9 cm³/mol. The lowest BCUT2D eigenvalue weighted by Crippen LogP contribution is -2.25. The first kappa shape index (κ1) is 12.7. The molecule has 0 aromatic carbocycles. The van der Waals surface area contributed by atoms with Gasteiger partial charge in [-0.15, -0.1) is 0 Å². The van der Waals surface area contributed by atoms with Gasteiger partial charge in [-0.05, 0) is 38.8 Å². The Hall–Kier alpha value is -1.33. The summed E-state index contributed by atoms with van der Waals surface area (Å²) in [6, 6.07) is 4.16. The van der Waals surface area contributed by atoms with Crippen LogP contribution >= 0.6 is 0 Å². The van der Waals surface area contributed by atoms with Crippen LogP contribution in [0.1, 0.15) is 43.2 Å². The lowest BCUT2D eigenvalue weighted by Gasteiger charge is -2.17. The summed E-state index contributed by atoms with van der Waals surface area (Å²) in [4.78, 5) is 12.0. The summed E-state index contributed by atoms with van der Waals surface area (Å²) in [7, 11) is 0. The van der Waals surface area contributed by atoms with Crippen molar-refractivity contribution in [2.45, 2.75) is 44.6 Å². The second-order valence-electron chi connectivity index (χ2n) is 5.58. The van der Waals surface area contributed by atoms with Crippen molar-refractivity contribution in [1.82, 2.24) is 4.57 Å². The quantitative estimate of drug-likeness (QED) is 0.783. The highest BCUT2D eigenvalue weighted by molar-refractivity contribution is 5.87. The smallest absolute Gasteiger partial charge is 0.355 e. The minimum atomic E-state index is -0.578. The molecule has 1 aromatic rings. The Bertz CT molecular complexity index is 476. The molecule has 2 fully saturated rings. The van der Waals surface area contributed by atoms with Gasteiger partial charge in [0.15, 0.2) is 5.79 Å². The van der Waals surface area contributed by atoms with Gasteiger partial charge < -0.3 is 18.8 Å². The Balaban J connectivity index is 1.55. The Labute approximate surface area is 112 Å². The number of hydrogen-bond acceptors (Lipinski definition) is 4. The van der Waals surface area contributed by atoms with Crippen molar-refractivity contribution in [2.24, 2.45) is 0 Å². The number of carbonyl (C=O) groups is 1. The van der Waals surface area contributed by atoms with Crippen LogP contribution in [0.25, 0.3) is 0 Å². The van der Waals surface area contributed by atoms with Crippen LogP contribution in [-0.4, -0.2) is 35.6 Å². The molecule has 19 heavy (non-hydrogen) atoms. The molecule has 0 spiro atoms. The zero-order chi connectivity index (χ0) is 13.5. The van der Waals surface area contributed by atoms with Crippen molar-refractivity contribution in [3.05, 3.63) is 24.0 Å². The first-order valence-electron chi connectivity index (χ1n) is 6.71. The van der Waals surface area contributed by atoms with Crippen molar-refractivity contribution < 1.29 is 19.0 Å². The first-order valence-corrected chi connectivity index (χ1v) is 6.71. The molecular weight excluding hydrogens is 246 g/mol. The van der Waals surface area contributed by atoms with E-state index in [0.29, 0.717) is 18.3 Å². The first-order chi connectivity index (χ1) is 9.05. The minimum Gasteiger partial charge on any atom is -0.458 e. The summed E-state index contributed by atoms with van der Waals surface area (Å²) in [6.45, 7) is 4.40. The summed E-state index contributed by atoms with van der Waals surface area (Å²) in [6.07, 6.45) is 4.04. The highest BCUT2D eigenvalue weighted by Gasteiger charge is 2.34. The molecule has 5 heteroatoms. The maximum absolute atomic E-state index is 12.0. The molecule has 0 unspecified atom stereocenters. The van der Waals surface area contributed by atoms with Gasteiger partial charge in [-0.3, -0.25) is 0 Å². The average molecular weight is 265 g/mol. The standard InChI is InChI=1S/C14H19NO4/c1-14(2)18-9-11(19-14)8-17-13(16)12-4-3-7-15(12)10-5-6-10/h3-4,7,10-11H,5-6,8-9H2,1-2H3/t11-/m0/s1. The zero-order valence-corrected chi connectivity index (χ0v) is 11.3. The Kier molecular flexibility index (Phi) is 3.11. The molecule has 0 N–H and O–H groups in total. The molecule has 0 bridgehead atoms. The van der Waals surface area contributed by atoms with E-state index in [1.54, 1.807) is 6.07 Å². The van der Waals surface area contributed by atoms with Gasteiger partial charge >= 0.3 is 5.97 Å². The van der Waals surface area contributed by atoms with Gasteiger partial charge in [-0.25, -0.2) is 4.79 Å². The van der Waals surface area contributed by atoms with Crippen molar-refractivity contribution in [3.8, 4) is 0 Å². The summed E-state index contributed by atoms with van der Waals surface area (Å²) >= 11 is 0. The van der Waals surface area contributed by atoms with E-state index in [4.69, 9.17) is 14.2 Å². The molecular formula is C14H19NO4. The van der Waals surface area contributed by atoms with Gasteiger partial charge in [0.25, 0.3) is 0 Å². The number of hydrogen-bond donors (Lipinski definition) is 0. The number of aromatic nitrogens is 1. The fourth-order valence-corrected chi connectivity index (χ4v) is 2.33. The molecule has 1 saturated heterocycles. The number of ether oxygens (including phenoxy) is 3. The Morgan fingerprint density at radius 2 is 2.32 bits per heavy atom. The molecule has 104 valence electrons. The third-order valence-corrected chi connectivity index (χ3v) is 3.40. The average Bonchev–Trinajstić information content (AvgIpc) is 2.98. The van der Waals surface area contributed by atoms with Crippen molar-refractivity contribution >= 4 is 5.97 Å². The van der Waals surface area contributed by atoms with Gasteiger partial charge in [-0.1, -0.05) is 0 Å².